The first-order valence-electron chi connectivity index (χ1n) is 11.7. The summed E-state index contributed by atoms with van der Waals surface area (Å²) < 4.78 is 70.3. The lowest BCUT2D eigenvalue weighted by Gasteiger charge is -2.14. The van der Waals surface area contributed by atoms with Crippen LogP contribution in [0.1, 0.15) is 21.7 Å². The number of fused-ring (bicyclic) bond motifs is 1. The number of anilines is 2. The Bertz CT molecular complexity index is 1900. The van der Waals surface area contributed by atoms with Gasteiger partial charge in [0.1, 0.15) is 11.2 Å². The van der Waals surface area contributed by atoms with Gasteiger partial charge < -0.3 is 10.3 Å². The molecule has 0 aliphatic carbocycles. The summed E-state index contributed by atoms with van der Waals surface area (Å²) in [6, 6.07) is 21.1. The first kappa shape index (κ1) is 26.7. The van der Waals surface area contributed by atoms with Crippen molar-refractivity contribution < 1.29 is 26.4 Å². The number of sulfonamides is 1. The highest BCUT2D eigenvalue weighted by atomic mass is 32.2. The van der Waals surface area contributed by atoms with Gasteiger partial charge in [0, 0.05) is 5.69 Å². The number of carbonyl (C=O) groups excluding carboxylic acids is 1. The molecule has 1 amide bonds. The third-order valence-corrected chi connectivity index (χ3v) is 7.39. The number of benzene rings is 3. The van der Waals surface area contributed by atoms with Crippen LogP contribution in [0.3, 0.4) is 0 Å². The van der Waals surface area contributed by atoms with E-state index in [2.05, 4.69) is 20.1 Å². The number of H-pyrrole nitrogens is 1. The Morgan fingerprint density at radius 1 is 0.900 bits per heavy atom. The molecule has 0 aliphatic heterocycles. The van der Waals surface area contributed by atoms with Gasteiger partial charge in [0.15, 0.2) is 5.69 Å². The van der Waals surface area contributed by atoms with Crippen molar-refractivity contribution in [2.24, 2.45) is 0 Å². The number of hydrogen-bond acceptors (Lipinski definition) is 5. The van der Waals surface area contributed by atoms with Gasteiger partial charge in [-0.05, 0) is 36.8 Å². The first-order valence-corrected chi connectivity index (χ1v) is 13.2. The van der Waals surface area contributed by atoms with Crippen LogP contribution in [-0.4, -0.2) is 28.9 Å². The van der Waals surface area contributed by atoms with E-state index in [9.17, 15) is 31.2 Å². The molecule has 0 fully saturated rings. The average molecular weight is 568 g/mol. The summed E-state index contributed by atoms with van der Waals surface area (Å²) in [5, 5.41) is 6.01. The molecular formula is C27H20F3N5O4S. The van der Waals surface area contributed by atoms with E-state index < -0.39 is 38.9 Å². The molecule has 3 N–H and O–H groups in total. The van der Waals surface area contributed by atoms with Crippen LogP contribution in [0.15, 0.2) is 94.6 Å². The van der Waals surface area contributed by atoms with Gasteiger partial charge in [-0.25, -0.2) is 8.42 Å². The van der Waals surface area contributed by atoms with Crippen molar-refractivity contribution in [1.29, 1.82) is 0 Å². The van der Waals surface area contributed by atoms with Crippen LogP contribution in [0, 0.1) is 6.92 Å². The molecule has 2 aromatic heterocycles. The summed E-state index contributed by atoms with van der Waals surface area (Å²) in [4.78, 5) is 29.3. The third-order valence-electron chi connectivity index (χ3n) is 6.00. The third kappa shape index (κ3) is 4.94. The van der Waals surface area contributed by atoms with Gasteiger partial charge >= 0.3 is 6.18 Å². The van der Waals surface area contributed by atoms with Crippen LogP contribution in [0.4, 0.5) is 24.5 Å². The molecule has 13 heteroatoms. The lowest BCUT2D eigenvalue weighted by atomic mass is 10.1. The zero-order chi connectivity index (χ0) is 28.7. The van der Waals surface area contributed by atoms with Crippen LogP contribution in [0.25, 0.3) is 16.8 Å². The Labute approximate surface area is 225 Å². The molecule has 204 valence electrons. The number of carbonyl (C=O) groups is 1. The molecule has 0 bridgehead atoms. The molecule has 0 spiro atoms. The van der Waals surface area contributed by atoms with E-state index in [0.717, 1.165) is 0 Å². The second-order valence-electron chi connectivity index (χ2n) is 8.70. The van der Waals surface area contributed by atoms with Gasteiger partial charge in [0.05, 0.1) is 21.8 Å². The average Bonchev–Trinajstić information content (AvgIpc) is 3.31. The number of rotatable bonds is 6. The van der Waals surface area contributed by atoms with Crippen molar-refractivity contribution >= 4 is 33.0 Å². The highest BCUT2D eigenvalue weighted by molar-refractivity contribution is 7.92. The molecule has 9 nitrogen and oxygen atoms in total. The zero-order valence-corrected chi connectivity index (χ0v) is 21.5. The molecule has 0 aliphatic rings. The molecule has 5 rings (SSSR count). The van der Waals surface area contributed by atoms with Gasteiger partial charge in [-0.1, -0.05) is 60.7 Å². The zero-order valence-electron chi connectivity index (χ0n) is 20.7. The predicted octanol–water partition coefficient (Wildman–Crippen LogP) is 5.07. The molecule has 0 saturated heterocycles. The van der Waals surface area contributed by atoms with E-state index >= 15 is 0 Å². The fraction of sp³-hybridized carbons (Fsp3) is 0.0741. The van der Waals surface area contributed by atoms with E-state index in [1.165, 1.54) is 55.5 Å². The molecule has 3 aromatic carbocycles. The van der Waals surface area contributed by atoms with Crippen molar-refractivity contribution in [1.82, 2.24) is 14.6 Å². The van der Waals surface area contributed by atoms with E-state index in [1.807, 2.05) is 0 Å². The predicted molar refractivity (Wildman–Crippen MR) is 143 cm³/mol. The minimum atomic E-state index is -4.89. The minimum Gasteiger partial charge on any atom is -0.342 e. The lowest BCUT2D eigenvalue weighted by molar-refractivity contribution is -0.140. The Kier molecular flexibility index (Phi) is 6.67. The summed E-state index contributed by atoms with van der Waals surface area (Å²) in [5.41, 5.74) is -3.23. The van der Waals surface area contributed by atoms with Crippen molar-refractivity contribution in [3.63, 3.8) is 0 Å². The van der Waals surface area contributed by atoms with E-state index in [1.54, 1.807) is 36.4 Å². The van der Waals surface area contributed by atoms with Crippen LogP contribution < -0.4 is 15.6 Å². The number of alkyl halides is 3. The van der Waals surface area contributed by atoms with E-state index in [-0.39, 0.29) is 38.7 Å². The fourth-order valence-corrected chi connectivity index (χ4v) is 5.30. The van der Waals surface area contributed by atoms with E-state index in [4.69, 9.17) is 0 Å². The molecule has 40 heavy (non-hydrogen) atoms. The van der Waals surface area contributed by atoms with Crippen molar-refractivity contribution in [2.75, 3.05) is 10.0 Å². The lowest BCUT2D eigenvalue weighted by Crippen LogP contribution is -2.29. The second-order valence-corrected chi connectivity index (χ2v) is 10.4. The molecule has 0 saturated carbocycles. The standard InChI is InChI=1S/C27H20F3N5O4S/c1-16-21(25(36)32-19-14-8-9-15-20(19)34-40(38,39)18-12-6-3-7-13-18)26(37)35-24(31-16)22(17-10-4-2-5-11-17)23(33-35)27(28,29)30/h2-15,31,34H,1H3,(H,32,36). The maximum atomic E-state index is 13.9. The Morgan fingerprint density at radius 3 is 2.10 bits per heavy atom. The summed E-state index contributed by atoms with van der Waals surface area (Å²) in [7, 11) is -4.01. The van der Waals surface area contributed by atoms with Crippen molar-refractivity contribution in [3.05, 3.63) is 112 Å². The number of hydrogen-bond donors (Lipinski definition) is 3. The molecule has 0 unspecified atom stereocenters. The van der Waals surface area contributed by atoms with Crippen LogP contribution >= 0.6 is 0 Å². The Morgan fingerprint density at radius 2 is 1.48 bits per heavy atom. The summed E-state index contributed by atoms with van der Waals surface area (Å²) in [6.45, 7) is 1.37. The number of aromatic nitrogens is 3. The Balaban J connectivity index is 1.56. The Hall–Kier alpha value is -4.91. The van der Waals surface area contributed by atoms with Crippen molar-refractivity contribution in [2.45, 2.75) is 18.0 Å². The molecule has 0 atom stereocenters. The second kappa shape index (κ2) is 10.0. The first-order chi connectivity index (χ1) is 19.0. The maximum absolute atomic E-state index is 13.9. The number of nitrogens with zero attached hydrogens (tertiary/aromatic N) is 2. The monoisotopic (exact) mass is 567 g/mol. The largest absolute Gasteiger partial charge is 0.435 e. The number of aromatic amines is 1. The number of para-hydroxylation sites is 2. The quantitative estimate of drug-likeness (QED) is 0.264. The highest BCUT2D eigenvalue weighted by Crippen LogP contribution is 2.38. The van der Waals surface area contributed by atoms with Gasteiger partial charge in [0.2, 0.25) is 0 Å². The number of aryl methyl sites for hydroxylation is 1. The normalized spacial score (nSPS) is 11.9. The SMILES string of the molecule is Cc1[nH]c2c(-c3ccccc3)c(C(F)(F)F)nn2c(=O)c1C(=O)Nc1ccccc1NS(=O)(=O)c1ccccc1. The maximum Gasteiger partial charge on any atom is 0.435 e. The summed E-state index contributed by atoms with van der Waals surface area (Å²) >= 11 is 0. The van der Waals surface area contributed by atoms with Gasteiger partial charge in [-0.3, -0.25) is 14.3 Å². The molecule has 2 heterocycles. The van der Waals surface area contributed by atoms with Crippen LogP contribution in [0.2, 0.25) is 0 Å². The molecule has 0 radical (unpaired) electrons. The molecular weight excluding hydrogens is 547 g/mol. The number of nitrogens with one attached hydrogen (secondary N) is 3. The smallest absolute Gasteiger partial charge is 0.342 e. The summed E-state index contributed by atoms with van der Waals surface area (Å²) in [6.07, 6.45) is -4.89. The number of halogens is 3. The molecule has 5 aromatic rings. The van der Waals surface area contributed by atoms with Gasteiger partial charge in [-0.15, -0.1) is 0 Å². The van der Waals surface area contributed by atoms with Gasteiger partial charge in [0.25, 0.3) is 21.5 Å². The highest BCUT2D eigenvalue weighted by Gasteiger charge is 2.39. The van der Waals surface area contributed by atoms with E-state index in [0.29, 0.717) is 4.52 Å². The minimum absolute atomic E-state index is 0.0110. The van der Waals surface area contributed by atoms with Crippen LogP contribution in [0.5, 0.6) is 0 Å². The fourth-order valence-electron chi connectivity index (χ4n) is 4.20. The topological polar surface area (TPSA) is 125 Å². The number of amides is 1. The van der Waals surface area contributed by atoms with Crippen LogP contribution in [-0.2, 0) is 16.2 Å². The van der Waals surface area contributed by atoms with Crippen molar-refractivity contribution in [3.8, 4) is 11.1 Å². The summed E-state index contributed by atoms with van der Waals surface area (Å²) in [5.74, 6) is -0.975. The van der Waals surface area contributed by atoms with Gasteiger partial charge in [-0.2, -0.15) is 22.8 Å².